The van der Waals surface area contributed by atoms with E-state index in [4.69, 9.17) is 16.3 Å². The quantitative estimate of drug-likeness (QED) is 0.464. The maximum absolute atomic E-state index is 13.4. The lowest BCUT2D eigenvalue weighted by Gasteiger charge is -2.39. The molecule has 1 aromatic heterocycles. The number of likely N-dealkylation sites (N-methyl/N-ethyl adjacent to an activating group) is 1. The lowest BCUT2D eigenvalue weighted by molar-refractivity contribution is -0.125. The fourth-order valence-electron chi connectivity index (χ4n) is 4.17. The summed E-state index contributed by atoms with van der Waals surface area (Å²) in [5.74, 6) is -1.44. The van der Waals surface area contributed by atoms with Crippen molar-refractivity contribution in [3.63, 3.8) is 0 Å². The van der Waals surface area contributed by atoms with Gasteiger partial charge in [0.15, 0.2) is 5.75 Å². The van der Waals surface area contributed by atoms with Crippen molar-refractivity contribution in [1.82, 2.24) is 10.2 Å². The lowest BCUT2D eigenvalue weighted by atomic mass is 9.90. The monoisotopic (exact) mass is 556 g/mol. The summed E-state index contributed by atoms with van der Waals surface area (Å²) in [5, 5.41) is 5.44. The predicted molar refractivity (Wildman–Crippen MR) is 136 cm³/mol. The number of nitrogens with one attached hydrogen (secondary N) is 2. The van der Waals surface area contributed by atoms with Gasteiger partial charge in [-0.2, -0.15) is 8.78 Å². The minimum atomic E-state index is -3.14. The normalized spacial score (nSPS) is 17.0. The van der Waals surface area contributed by atoms with Crippen LogP contribution < -0.4 is 20.3 Å². The van der Waals surface area contributed by atoms with Gasteiger partial charge in [0.25, 0.3) is 11.8 Å². The van der Waals surface area contributed by atoms with Gasteiger partial charge in [-0.1, -0.05) is 18.0 Å². The molecule has 13 heteroatoms. The molecule has 0 unspecified atom stereocenters. The summed E-state index contributed by atoms with van der Waals surface area (Å²) in [7, 11) is 1.80. The van der Waals surface area contributed by atoms with Crippen LogP contribution in [0.3, 0.4) is 0 Å². The van der Waals surface area contributed by atoms with Crippen LogP contribution in [0.15, 0.2) is 30.3 Å². The van der Waals surface area contributed by atoms with Gasteiger partial charge in [0.1, 0.15) is 12.6 Å². The molecule has 2 aliphatic rings. The molecule has 1 saturated carbocycles. The van der Waals surface area contributed by atoms with Crippen molar-refractivity contribution in [1.29, 1.82) is 0 Å². The van der Waals surface area contributed by atoms with Crippen LogP contribution in [-0.2, 0) is 14.3 Å². The molecule has 1 aliphatic carbocycles. The van der Waals surface area contributed by atoms with E-state index in [1.165, 1.54) is 17.0 Å². The Morgan fingerprint density at radius 3 is 2.70 bits per heavy atom. The molecule has 37 heavy (non-hydrogen) atoms. The number of hydrogen-bond donors (Lipinski definition) is 2. The summed E-state index contributed by atoms with van der Waals surface area (Å²) in [6.45, 7) is -2.67. The molecule has 1 aliphatic heterocycles. The number of anilines is 2. The van der Waals surface area contributed by atoms with E-state index in [0.717, 1.165) is 30.6 Å². The molecule has 3 amide bonds. The molecule has 0 spiro atoms. The molecule has 2 aromatic rings. The van der Waals surface area contributed by atoms with Gasteiger partial charge in [0, 0.05) is 30.9 Å². The Kier molecular flexibility index (Phi) is 8.95. The summed E-state index contributed by atoms with van der Waals surface area (Å²) >= 11 is 7.04. The molecular formula is C24H27ClF2N4O5S. The standard InChI is InChI=1S/C24H27ClF2N4O5S/c1-30(14-3-2-4-14)17(12-28-23(34)19-7-8-20(25)37-19)22(33)29-16-6-5-15(11-18(16)36-24(26)27)31-9-10-35-13-21(31)32/h5-8,11,14,17,24H,2-4,9-10,12-13H2,1H3,(H,28,34)(H,29,33)/t17-/m1/s1. The van der Waals surface area contributed by atoms with Gasteiger partial charge in [0.2, 0.25) is 5.91 Å². The van der Waals surface area contributed by atoms with Crippen LogP contribution in [0.4, 0.5) is 20.2 Å². The number of carbonyl (C=O) groups excluding carboxylic acids is 3. The maximum atomic E-state index is 13.4. The van der Waals surface area contributed by atoms with E-state index < -0.39 is 18.6 Å². The topological polar surface area (TPSA) is 100 Å². The average Bonchev–Trinajstić information content (AvgIpc) is 3.25. The Labute approximate surface area is 221 Å². The van der Waals surface area contributed by atoms with Gasteiger partial charge >= 0.3 is 6.61 Å². The highest BCUT2D eigenvalue weighted by atomic mass is 35.5. The second-order valence-electron chi connectivity index (χ2n) is 8.73. The molecule has 2 fully saturated rings. The third kappa shape index (κ3) is 6.75. The second-order valence-corrected chi connectivity index (χ2v) is 10.4. The number of amides is 3. The highest BCUT2D eigenvalue weighted by molar-refractivity contribution is 7.18. The molecule has 1 saturated heterocycles. The van der Waals surface area contributed by atoms with E-state index in [-0.39, 0.29) is 49.0 Å². The zero-order valence-electron chi connectivity index (χ0n) is 20.0. The molecule has 1 atom stereocenters. The highest BCUT2D eigenvalue weighted by Gasteiger charge is 2.33. The molecule has 2 heterocycles. The smallest absolute Gasteiger partial charge is 0.387 e. The number of ether oxygens (including phenoxy) is 2. The molecule has 0 radical (unpaired) electrons. The Balaban J connectivity index is 1.52. The summed E-state index contributed by atoms with van der Waals surface area (Å²) in [4.78, 5) is 41.8. The van der Waals surface area contributed by atoms with E-state index in [1.807, 2.05) is 4.90 Å². The van der Waals surface area contributed by atoms with Crippen LogP contribution in [0.25, 0.3) is 0 Å². The van der Waals surface area contributed by atoms with E-state index in [0.29, 0.717) is 21.5 Å². The van der Waals surface area contributed by atoms with Crippen molar-refractivity contribution in [2.45, 2.75) is 38.0 Å². The molecule has 0 bridgehead atoms. The number of carbonyl (C=O) groups is 3. The molecule has 1 aromatic carbocycles. The number of alkyl halides is 2. The molecular weight excluding hydrogens is 530 g/mol. The summed E-state index contributed by atoms with van der Waals surface area (Å²) < 4.78 is 36.7. The van der Waals surface area contributed by atoms with Gasteiger partial charge in [-0.05, 0) is 44.2 Å². The van der Waals surface area contributed by atoms with Crippen LogP contribution in [-0.4, -0.2) is 74.7 Å². The zero-order chi connectivity index (χ0) is 26.5. The Bertz CT molecular complexity index is 1150. The predicted octanol–water partition coefficient (Wildman–Crippen LogP) is 3.59. The SMILES string of the molecule is CN(C1CCC1)[C@H](CNC(=O)c1ccc(Cl)s1)C(=O)Nc1ccc(N2CCOCC2=O)cc1OC(F)F. The van der Waals surface area contributed by atoms with Crippen LogP contribution in [0.5, 0.6) is 5.75 Å². The average molecular weight is 557 g/mol. The Hall–Kier alpha value is -2.80. The Morgan fingerprint density at radius 1 is 1.30 bits per heavy atom. The fourth-order valence-corrected chi connectivity index (χ4v) is 5.13. The van der Waals surface area contributed by atoms with E-state index in [9.17, 15) is 23.2 Å². The highest BCUT2D eigenvalue weighted by Crippen LogP contribution is 2.33. The third-order valence-electron chi connectivity index (χ3n) is 6.43. The van der Waals surface area contributed by atoms with E-state index in [2.05, 4.69) is 15.4 Å². The molecule has 9 nitrogen and oxygen atoms in total. The fraction of sp³-hybridized carbons (Fsp3) is 0.458. The molecule has 200 valence electrons. The number of rotatable bonds is 10. The first-order chi connectivity index (χ1) is 17.7. The van der Waals surface area contributed by atoms with Crippen molar-refractivity contribution in [3.8, 4) is 5.75 Å². The largest absolute Gasteiger partial charge is 0.433 e. The number of benzene rings is 1. The third-order valence-corrected chi connectivity index (χ3v) is 7.66. The van der Waals surface area contributed by atoms with Crippen LogP contribution in [0.2, 0.25) is 4.34 Å². The number of morpholine rings is 1. The van der Waals surface area contributed by atoms with Gasteiger partial charge in [-0.25, -0.2) is 0 Å². The minimum Gasteiger partial charge on any atom is -0.433 e. The maximum Gasteiger partial charge on any atom is 0.387 e. The van der Waals surface area contributed by atoms with Gasteiger partial charge < -0.3 is 25.0 Å². The van der Waals surface area contributed by atoms with Crippen molar-refractivity contribution in [3.05, 3.63) is 39.5 Å². The zero-order valence-corrected chi connectivity index (χ0v) is 21.6. The first-order valence-electron chi connectivity index (χ1n) is 11.8. The summed E-state index contributed by atoms with van der Waals surface area (Å²) in [6, 6.07) is 6.86. The summed E-state index contributed by atoms with van der Waals surface area (Å²) in [5.41, 5.74) is 0.380. The van der Waals surface area contributed by atoms with Gasteiger partial charge in [-0.15, -0.1) is 11.3 Å². The lowest BCUT2D eigenvalue weighted by Crippen LogP contribution is -2.54. The van der Waals surface area contributed by atoms with Crippen LogP contribution >= 0.6 is 22.9 Å². The summed E-state index contributed by atoms with van der Waals surface area (Å²) in [6.07, 6.45) is 2.87. The van der Waals surface area contributed by atoms with Crippen molar-refractivity contribution in [2.75, 3.05) is 43.6 Å². The van der Waals surface area contributed by atoms with Crippen molar-refractivity contribution < 1.29 is 32.6 Å². The molecule has 4 rings (SSSR count). The van der Waals surface area contributed by atoms with Crippen LogP contribution in [0, 0.1) is 0 Å². The number of thiophene rings is 1. The van der Waals surface area contributed by atoms with E-state index in [1.54, 1.807) is 25.2 Å². The number of hydrogen-bond acceptors (Lipinski definition) is 7. The van der Waals surface area contributed by atoms with Gasteiger partial charge in [-0.3, -0.25) is 19.3 Å². The number of halogens is 3. The van der Waals surface area contributed by atoms with Crippen molar-refractivity contribution >= 4 is 52.0 Å². The van der Waals surface area contributed by atoms with E-state index >= 15 is 0 Å². The molecule has 2 N–H and O–H groups in total. The van der Waals surface area contributed by atoms with Gasteiger partial charge in [0.05, 0.1) is 21.5 Å². The Morgan fingerprint density at radius 2 is 2.08 bits per heavy atom. The van der Waals surface area contributed by atoms with Crippen LogP contribution in [0.1, 0.15) is 28.9 Å². The minimum absolute atomic E-state index is 0.00140. The van der Waals surface area contributed by atoms with Crippen molar-refractivity contribution in [2.24, 2.45) is 0 Å². The first kappa shape index (κ1) is 27.2. The second kappa shape index (κ2) is 12.2. The first-order valence-corrected chi connectivity index (χ1v) is 13.0. The number of nitrogens with zero attached hydrogens (tertiary/aromatic N) is 2.